The van der Waals surface area contributed by atoms with Crippen molar-refractivity contribution in [2.45, 2.75) is 6.54 Å². The average molecular weight is 279 g/mol. The second-order valence-electron chi connectivity index (χ2n) is 4.78. The fraction of sp³-hybridized carbons (Fsp3) is 0.385. The second kappa shape index (κ2) is 5.64. The molecule has 0 spiro atoms. The van der Waals surface area contributed by atoms with Crippen LogP contribution in [0.3, 0.4) is 0 Å². The number of rotatable bonds is 3. The largest absolute Gasteiger partial charge is 0.314 e. The molecule has 1 saturated heterocycles. The van der Waals surface area contributed by atoms with Gasteiger partial charge in [0.05, 0.1) is 11.9 Å². The molecule has 20 heavy (non-hydrogen) atoms. The first-order valence-electron chi connectivity index (χ1n) is 6.52. The van der Waals surface area contributed by atoms with E-state index in [4.69, 9.17) is 0 Å². The topological polar surface area (TPSA) is 46.0 Å². The minimum Gasteiger partial charge on any atom is -0.314 e. The normalized spacial score (nSPS) is 16.5. The highest BCUT2D eigenvalue weighted by molar-refractivity contribution is 5.32. The molecule has 3 rings (SSSR count). The van der Waals surface area contributed by atoms with Crippen LogP contribution < -0.4 is 5.32 Å². The Labute approximate surface area is 115 Å². The summed E-state index contributed by atoms with van der Waals surface area (Å²) in [5.74, 6) is -1.02. The summed E-state index contributed by atoms with van der Waals surface area (Å²) in [7, 11) is 0. The third-order valence-electron chi connectivity index (χ3n) is 3.29. The molecular weight excluding hydrogens is 264 g/mol. The van der Waals surface area contributed by atoms with E-state index in [2.05, 4.69) is 20.5 Å². The Hall–Kier alpha value is -1.86. The summed E-state index contributed by atoms with van der Waals surface area (Å²) >= 11 is 0. The Kier molecular flexibility index (Phi) is 3.70. The highest BCUT2D eigenvalue weighted by Crippen LogP contribution is 2.14. The van der Waals surface area contributed by atoms with Crippen molar-refractivity contribution < 1.29 is 8.78 Å². The zero-order chi connectivity index (χ0) is 13.9. The molecule has 1 aromatic heterocycles. The monoisotopic (exact) mass is 279 g/mol. The van der Waals surface area contributed by atoms with Crippen molar-refractivity contribution >= 4 is 0 Å². The zero-order valence-corrected chi connectivity index (χ0v) is 10.9. The van der Waals surface area contributed by atoms with E-state index in [1.807, 2.05) is 0 Å². The number of aromatic nitrogens is 3. The Balaban J connectivity index is 1.77. The van der Waals surface area contributed by atoms with Gasteiger partial charge in [-0.3, -0.25) is 4.90 Å². The number of nitrogens with zero attached hydrogens (tertiary/aromatic N) is 4. The van der Waals surface area contributed by atoms with Crippen LogP contribution in [0.4, 0.5) is 8.78 Å². The molecular formula is C13H15F2N5. The molecule has 5 nitrogen and oxygen atoms in total. The molecule has 0 saturated carbocycles. The predicted octanol–water partition coefficient (Wildman–Crippen LogP) is 0.951. The maximum atomic E-state index is 13.6. The van der Waals surface area contributed by atoms with Gasteiger partial charge in [-0.15, -0.1) is 5.10 Å². The number of hydrogen-bond acceptors (Lipinski definition) is 4. The van der Waals surface area contributed by atoms with Gasteiger partial charge in [0.1, 0.15) is 17.3 Å². The molecule has 0 amide bonds. The first-order valence-corrected chi connectivity index (χ1v) is 6.52. The van der Waals surface area contributed by atoms with E-state index >= 15 is 0 Å². The summed E-state index contributed by atoms with van der Waals surface area (Å²) in [5.41, 5.74) is 0.819. The van der Waals surface area contributed by atoms with E-state index < -0.39 is 11.6 Å². The maximum Gasteiger partial charge on any atom is 0.149 e. The minimum atomic E-state index is -0.523. The van der Waals surface area contributed by atoms with Crippen molar-refractivity contribution in [2.24, 2.45) is 0 Å². The lowest BCUT2D eigenvalue weighted by Gasteiger charge is -2.25. The molecule has 1 fully saturated rings. The molecule has 0 bridgehead atoms. The molecule has 2 heterocycles. The molecule has 0 unspecified atom stereocenters. The molecule has 0 radical (unpaired) electrons. The van der Waals surface area contributed by atoms with Crippen molar-refractivity contribution in [1.82, 2.24) is 25.2 Å². The van der Waals surface area contributed by atoms with E-state index in [9.17, 15) is 8.78 Å². The van der Waals surface area contributed by atoms with Crippen LogP contribution in [-0.4, -0.2) is 46.1 Å². The summed E-state index contributed by atoms with van der Waals surface area (Å²) in [6, 6.07) is 3.28. The van der Waals surface area contributed by atoms with Gasteiger partial charge in [-0.1, -0.05) is 5.21 Å². The van der Waals surface area contributed by atoms with Crippen LogP contribution in [0.2, 0.25) is 0 Å². The lowest BCUT2D eigenvalue weighted by atomic mass is 10.3. The van der Waals surface area contributed by atoms with Crippen molar-refractivity contribution in [2.75, 3.05) is 26.2 Å². The first-order chi connectivity index (χ1) is 9.72. The van der Waals surface area contributed by atoms with Gasteiger partial charge in [0.25, 0.3) is 0 Å². The van der Waals surface area contributed by atoms with Crippen LogP contribution in [-0.2, 0) is 6.54 Å². The first kappa shape index (κ1) is 13.1. The average Bonchev–Trinajstić information content (AvgIpc) is 2.91. The molecule has 106 valence electrons. The van der Waals surface area contributed by atoms with Crippen LogP contribution in [0.15, 0.2) is 24.4 Å². The standard InChI is InChI=1S/C13H15F2N5/c14-10-1-2-12(15)13(7-10)20-9-11(17-18-20)8-19-5-3-16-4-6-19/h1-2,7,9,16H,3-6,8H2. The van der Waals surface area contributed by atoms with E-state index in [0.717, 1.165) is 50.1 Å². The van der Waals surface area contributed by atoms with Gasteiger partial charge in [0.15, 0.2) is 0 Å². The molecule has 1 aliphatic heterocycles. The van der Waals surface area contributed by atoms with E-state index in [-0.39, 0.29) is 5.69 Å². The van der Waals surface area contributed by atoms with Gasteiger partial charge in [0.2, 0.25) is 0 Å². The van der Waals surface area contributed by atoms with E-state index in [1.54, 1.807) is 6.20 Å². The molecule has 1 aliphatic rings. The SMILES string of the molecule is Fc1ccc(F)c(-n2cc(CN3CCNCC3)nn2)c1. The lowest BCUT2D eigenvalue weighted by molar-refractivity contribution is 0.230. The summed E-state index contributed by atoms with van der Waals surface area (Å²) in [6.45, 7) is 4.46. The highest BCUT2D eigenvalue weighted by atomic mass is 19.1. The summed E-state index contributed by atoms with van der Waals surface area (Å²) < 4.78 is 28.1. The van der Waals surface area contributed by atoms with Crippen molar-refractivity contribution in [3.63, 3.8) is 0 Å². The van der Waals surface area contributed by atoms with Crippen molar-refractivity contribution in [3.05, 3.63) is 41.7 Å². The summed E-state index contributed by atoms with van der Waals surface area (Å²) in [4.78, 5) is 2.24. The fourth-order valence-electron chi connectivity index (χ4n) is 2.25. The number of benzene rings is 1. The Bertz CT molecular complexity index is 592. The zero-order valence-electron chi connectivity index (χ0n) is 10.9. The van der Waals surface area contributed by atoms with Gasteiger partial charge in [0, 0.05) is 38.8 Å². The van der Waals surface area contributed by atoms with Gasteiger partial charge in [-0.05, 0) is 12.1 Å². The fourth-order valence-corrected chi connectivity index (χ4v) is 2.25. The van der Waals surface area contributed by atoms with Crippen LogP contribution in [0, 0.1) is 11.6 Å². The van der Waals surface area contributed by atoms with E-state index in [0.29, 0.717) is 6.54 Å². The molecule has 7 heteroatoms. The predicted molar refractivity (Wildman–Crippen MR) is 69.4 cm³/mol. The highest BCUT2D eigenvalue weighted by Gasteiger charge is 2.13. The Morgan fingerprint density at radius 3 is 2.80 bits per heavy atom. The third-order valence-corrected chi connectivity index (χ3v) is 3.29. The van der Waals surface area contributed by atoms with Crippen LogP contribution in [0.1, 0.15) is 5.69 Å². The number of piperazine rings is 1. The number of hydrogen-bond donors (Lipinski definition) is 1. The molecule has 0 aliphatic carbocycles. The summed E-state index contributed by atoms with van der Waals surface area (Å²) in [6.07, 6.45) is 1.64. The van der Waals surface area contributed by atoms with Crippen molar-refractivity contribution in [1.29, 1.82) is 0 Å². The number of nitrogens with one attached hydrogen (secondary N) is 1. The second-order valence-corrected chi connectivity index (χ2v) is 4.78. The van der Waals surface area contributed by atoms with Crippen LogP contribution in [0.5, 0.6) is 0 Å². The minimum absolute atomic E-state index is 0.0732. The van der Waals surface area contributed by atoms with Gasteiger partial charge >= 0.3 is 0 Å². The summed E-state index contributed by atoms with van der Waals surface area (Å²) in [5, 5.41) is 11.2. The van der Waals surface area contributed by atoms with Crippen LogP contribution in [0.25, 0.3) is 5.69 Å². The quantitative estimate of drug-likeness (QED) is 0.908. The maximum absolute atomic E-state index is 13.6. The van der Waals surface area contributed by atoms with Crippen molar-refractivity contribution in [3.8, 4) is 5.69 Å². The lowest BCUT2D eigenvalue weighted by Crippen LogP contribution is -2.42. The molecule has 1 N–H and O–H groups in total. The van der Waals surface area contributed by atoms with Gasteiger partial charge in [-0.2, -0.15) is 0 Å². The third kappa shape index (κ3) is 2.83. The molecule has 0 atom stereocenters. The smallest absolute Gasteiger partial charge is 0.149 e. The van der Waals surface area contributed by atoms with Crippen LogP contribution >= 0.6 is 0 Å². The molecule has 1 aromatic carbocycles. The Morgan fingerprint density at radius 1 is 1.20 bits per heavy atom. The Morgan fingerprint density at radius 2 is 2.00 bits per heavy atom. The molecule has 2 aromatic rings. The number of halogens is 2. The van der Waals surface area contributed by atoms with E-state index in [1.165, 1.54) is 4.68 Å². The van der Waals surface area contributed by atoms with Gasteiger partial charge < -0.3 is 5.32 Å². The van der Waals surface area contributed by atoms with Gasteiger partial charge in [-0.25, -0.2) is 13.5 Å².